The van der Waals surface area contributed by atoms with Crippen LogP contribution >= 0.6 is 11.6 Å². The van der Waals surface area contributed by atoms with E-state index in [1.165, 1.54) is 16.8 Å². The summed E-state index contributed by atoms with van der Waals surface area (Å²) < 4.78 is 39.5. The zero-order valence-corrected chi connectivity index (χ0v) is 13.4. The second kappa shape index (κ2) is 5.62. The largest absolute Gasteiger partial charge is 0.416 e. The number of aromatic amines is 1. The molecule has 24 heavy (non-hydrogen) atoms. The molecule has 0 aliphatic heterocycles. The fraction of sp³-hybridized carbons (Fsp3) is 0.267. The topological polar surface area (TPSA) is 63.6 Å². The third kappa shape index (κ3) is 2.77. The Morgan fingerprint density at radius 2 is 1.88 bits per heavy atom. The van der Waals surface area contributed by atoms with Gasteiger partial charge in [-0.15, -0.1) is 0 Å². The maximum Gasteiger partial charge on any atom is 0.416 e. The zero-order chi connectivity index (χ0) is 17.6. The van der Waals surface area contributed by atoms with Crippen LogP contribution in [0.4, 0.5) is 13.2 Å². The van der Waals surface area contributed by atoms with Crippen molar-refractivity contribution < 1.29 is 13.2 Å². The molecule has 0 aliphatic carbocycles. The Kier molecular flexibility index (Phi) is 3.87. The zero-order valence-electron chi connectivity index (χ0n) is 12.6. The monoisotopic (exact) mass is 356 g/mol. The lowest BCUT2D eigenvalue weighted by atomic mass is 10.1. The summed E-state index contributed by atoms with van der Waals surface area (Å²) in [5.74, 6) is 0. The third-order valence-electron chi connectivity index (χ3n) is 3.80. The van der Waals surface area contributed by atoms with Crippen molar-refractivity contribution in [3.05, 3.63) is 56.7 Å². The van der Waals surface area contributed by atoms with Crippen molar-refractivity contribution in [3.63, 3.8) is 0 Å². The number of aryl methyl sites for hydroxylation is 1. The first-order valence-electron chi connectivity index (χ1n) is 7.00. The minimum atomic E-state index is -4.39. The van der Waals surface area contributed by atoms with Crippen LogP contribution in [-0.2, 0) is 6.18 Å². The van der Waals surface area contributed by atoms with E-state index in [-0.39, 0.29) is 10.9 Å². The second-order valence-corrected chi connectivity index (χ2v) is 5.74. The Morgan fingerprint density at radius 3 is 2.46 bits per heavy atom. The van der Waals surface area contributed by atoms with E-state index in [1.807, 2.05) is 0 Å². The fourth-order valence-electron chi connectivity index (χ4n) is 2.55. The van der Waals surface area contributed by atoms with Gasteiger partial charge in [0.2, 0.25) is 5.28 Å². The van der Waals surface area contributed by atoms with Gasteiger partial charge in [-0.2, -0.15) is 23.3 Å². The minimum absolute atomic E-state index is 0.0757. The summed E-state index contributed by atoms with van der Waals surface area (Å²) in [5.41, 5.74) is 0.222. The van der Waals surface area contributed by atoms with E-state index in [9.17, 15) is 18.0 Å². The summed E-state index contributed by atoms with van der Waals surface area (Å²) in [6.07, 6.45) is -4.39. The molecule has 0 saturated carbocycles. The van der Waals surface area contributed by atoms with Gasteiger partial charge in [0.05, 0.1) is 17.3 Å². The molecule has 0 spiro atoms. The number of alkyl halides is 3. The molecule has 2 aromatic heterocycles. The smallest absolute Gasteiger partial charge is 0.296 e. The molecule has 0 radical (unpaired) electrons. The van der Waals surface area contributed by atoms with Crippen LogP contribution in [0.1, 0.15) is 29.8 Å². The normalized spacial score (nSPS) is 13.4. The molecular formula is C15H12ClF3N4O. The fourth-order valence-corrected chi connectivity index (χ4v) is 2.71. The van der Waals surface area contributed by atoms with Gasteiger partial charge >= 0.3 is 6.18 Å². The van der Waals surface area contributed by atoms with Crippen LogP contribution in [0.3, 0.4) is 0 Å². The van der Waals surface area contributed by atoms with Gasteiger partial charge in [-0.05, 0) is 43.1 Å². The Hall–Kier alpha value is -2.35. The summed E-state index contributed by atoms with van der Waals surface area (Å²) in [4.78, 5) is 18.5. The number of H-pyrrole nitrogens is 1. The lowest BCUT2D eigenvalue weighted by Crippen LogP contribution is -2.13. The van der Waals surface area contributed by atoms with E-state index >= 15 is 0 Å². The van der Waals surface area contributed by atoms with Crippen molar-refractivity contribution >= 4 is 22.6 Å². The van der Waals surface area contributed by atoms with Gasteiger partial charge in [0, 0.05) is 0 Å². The Labute approximate surface area is 139 Å². The maximum absolute atomic E-state index is 12.7. The van der Waals surface area contributed by atoms with Crippen molar-refractivity contribution in [3.8, 4) is 0 Å². The van der Waals surface area contributed by atoms with E-state index in [0.717, 1.165) is 12.1 Å². The van der Waals surface area contributed by atoms with E-state index in [0.29, 0.717) is 16.6 Å². The van der Waals surface area contributed by atoms with Crippen molar-refractivity contribution in [2.45, 2.75) is 26.1 Å². The number of hydrogen-bond acceptors (Lipinski definition) is 3. The molecule has 9 heteroatoms. The SMILES string of the molecule is Cc1nn(C(C)c2ccc(C(F)(F)F)cc2)c2nc(Cl)[nH]c(=O)c12. The molecule has 0 fully saturated rings. The molecule has 1 aromatic carbocycles. The highest BCUT2D eigenvalue weighted by molar-refractivity contribution is 6.28. The summed E-state index contributed by atoms with van der Waals surface area (Å²) in [7, 11) is 0. The van der Waals surface area contributed by atoms with Crippen LogP contribution in [0.25, 0.3) is 11.0 Å². The predicted octanol–water partition coefficient (Wildman–Crippen LogP) is 3.71. The molecule has 3 rings (SSSR count). The number of rotatable bonds is 2. The molecule has 0 saturated heterocycles. The van der Waals surface area contributed by atoms with Crippen molar-refractivity contribution in [1.82, 2.24) is 19.7 Å². The summed E-state index contributed by atoms with van der Waals surface area (Å²) in [6, 6.07) is 4.36. The highest BCUT2D eigenvalue weighted by Gasteiger charge is 2.30. The number of nitrogens with zero attached hydrogens (tertiary/aromatic N) is 3. The van der Waals surface area contributed by atoms with Gasteiger partial charge in [-0.1, -0.05) is 12.1 Å². The molecule has 0 aliphatic rings. The average molecular weight is 357 g/mol. The lowest BCUT2D eigenvalue weighted by molar-refractivity contribution is -0.137. The summed E-state index contributed by atoms with van der Waals surface area (Å²) in [5, 5.41) is 4.52. The summed E-state index contributed by atoms with van der Waals surface area (Å²) >= 11 is 5.79. The van der Waals surface area contributed by atoms with Crippen LogP contribution in [0.5, 0.6) is 0 Å². The van der Waals surface area contributed by atoms with Gasteiger partial charge < -0.3 is 0 Å². The number of nitrogens with one attached hydrogen (secondary N) is 1. The van der Waals surface area contributed by atoms with Crippen LogP contribution < -0.4 is 5.56 Å². The third-order valence-corrected chi connectivity index (χ3v) is 3.97. The number of aromatic nitrogens is 4. The molecule has 0 amide bonds. The molecule has 1 N–H and O–H groups in total. The molecule has 3 aromatic rings. The van der Waals surface area contributed by atoms with Crippen molar-refractivity contribution in [2.75, 3.05) is 0 Å². The van der Waals surface area contributed by atoms with E-state index in [2.05, 4.69) is 15.1 Å². The number of hydrogen-bond donors (Lipinski definition) is 1. The van der Waals surface area contributed by atoms with Gasteiger partial charge in [0.25, 0.3) is 5.56 Å². The molecule has 0 bridgehead atoms. The van der Waals surface area contributed by atoms with Crippen LogP contribution in [0.15, 0.2) is 29.1 Å². The molecule has 1 unspecified atom stereocenters. The number of fused-ring (bicyclic) bond motifs is 1. The number of benzene rings is 1. The molecular weight excluding hydrogens is 345 g/mol. The molecule has 2 heterocycles. The average Bonchev–Trinajstić information content (AvgIpc) is 2.82. The van der Waals surface area contributed by atoms with Crippen LogP contribution in [0, 0.1) is 6.92 Å². The standard InChI is InChI=1S/C15H12ClF3N4O/c1-7-11-12(20-14(16)21-13(11)24)23(22-7)8(2)9-3-5-10(6-4-9)15(17,18)19/h3-6,8H,1-2H3,(H,20,21,24). The lowest BCUT2D eigenvalue weighted by Gasteiger charge is -2.14. The molecule has 1 atom stereocenters. The van der Waals surface area contributed by atoms with Crippen molar-refractivity contribution in [1.29, 1.82) is 0 Å². The Morgan fingerprint density at radius 1 is 1.25 bits per heavy atom. The molecule has 126 valence electrons. The van der Waals surface area contributed by atoms with Gasteiger partial charge in [0.1, 0.15) is 5.39 Å². The highest BCUT2D eigenvalue weighted by Crippen LogP contribution is 2.31. The quantitative estimate of drug-likeness (QED) is 0.712. The van der Waals surface area contributed by atoms with Gasteiger partial charge in [-0.3, -0.25) is 9.78 Å². The first-order chi connectivity index (χ1) is 11.2. The van der Waals surface area contributed by atoms with E-state index in [4.69, 9.17) is 11.6 Å². The Bertz CT molecular complexity index is 960. The minimum Gasteiger partial charge on any atom is -0.296 e. The molecule has 5 nitrogen and oxygen atoms in total. The maximum atomic E-state index is 12.7. The first-order valence-corrected chi connectivity index (χ1v) is 7.38. The second-order valence-electron chi connectivity index (χ2n) is 5.38. The van der Waals surface area contributed by atoms with Gasteiger partial charge in [0.15, 0.2) is 5.65 Å². The summed E-state index contributed by atoms with van der Waals surface area (Å²) in [6.45, 7) is 3.41. The van der Waals surface area contributed by atoms with Crippen molar-refractivity contribution in [2.24, 2.45) is 0 Å². The highest BCUT2D eigenvalue weighted by atomic mass is 35.5. The van der Waals surface area contributed by atoms with E-state index in [1.54, 1.807) is 13.8 Å². The van der Waals surface area contributed by atoms with Crippen LogP contribution in [-0.4, -0.2) is 19.7 Å². The predicted molar refractivity (Wildman–Crippen MR) is 83.2 cm³/mol. The first kappa shape index (κ1) is 16.5. The van der Waals surface area contributed by atoms with Gasteiger partial charge in [-0.25, -0.2) is 4.68 Å². The Balaban J connectivity index is 2.09. The van der Waals surface area contributed by atoms with Crippen LogP contribution in [0.2, 0.25) is 5.28 Å². The van der Waals surface area contributed by atoms with E-state index < -0.39 is 23.3 Å². The number of halogens is 4.